The summed E-state index contributed by atoms with van der Waals surface area (Å²) in [6.07, 6.45) is -3.78. The van der Waals surface area contributed by atoms with Gasteiger partial charge in [-0.2, -0.15) is 13.2 Å². The Balaban J connectivity index is 2.95. The normalized spacial score (nSPS) is 10.4. The number of hydrogen-bond donors (Lipinski definition) is 0. The van der Waals surface area contributed by atoms with Gasteiger partial charge in [-0.05, 0) is 12.1 Å². The second kappa shape index (κ2) is 5.34. The molecule has 0 saturated heterocycles. The number of aromatic nitrogens is 1. The summed E-state index contributed by atoms with van der Waals surface area (Å²) in [5.41, 5.74) is -1.32. The number of rotatable bonds is 1. The van der Waals surface area contributed by atoms with E-state index in [4.69, 9.17) is 0 Å². The third-order valence-electron chi connectivity index (χ3n) is 1.76. The maximum Gasteiger partial charge on any atom is 0.434 e. The summed E-state index contributed by atoms with van der Waals surface area (Å²) in [6, 6.07) is 2.54. The third kappa shape index (κ3) is 3.79. The fraction of sp³-hybridized carbons (Fsp3) is 0.273. The Morgan fingerprint density at radius 2 is 2.24 bits per heavy atom. The molecule has 0 N–H and O–H groups in total. The maximum absolute atomic E-state index is 12.5. The van der Waals surface area contributed by atoms with Gasteiger partial charge in [-0.15, -0.1) is 0 Å². The van der Waals surface area contributed by atoms with Crippen molar-refractivity contribution in [2.24, 2.45) is 0 Å². The number of alkyl halides is 3. The number of hydrogen-bond acceptors (Lipinski definition) is 3. The summed E-state index contributed by atoms with van der Waals surface area (Å²) < 4.78 is 41.7. The molecular weight excluding hydrogens is 235 g/mol. The van der Waals surface area contributed by atoms with Crippen LogP contribution >= 0.6 is 0 Å². The van der Waals surface area contributed by atoms with Gasteiger partial charge in [-0.25, -0.2) is 0 Å². The van der Waals surface area contributed by atoms with E-state index in [0.29, 0.717) is 0 Å². The van der Waals surface area contributed by atoms with E-state index in [-0.39, 0.29) is 12.0 Å². The molecular formula is C11H8F3NO2. The second-order valence-corrected chi connectivity index (χ2v) is 2.95. The molecule has 1 rings (SSSR count). The van der Waals surface area contributed by atoms with E-state index >= 15 is 0 Å². The van der Waals surface area contributed by atoms with Crippen LogP contribution in [0.25, 0.3) is 0 Å². The van der Waals surface area contributed by atoms with Gasteiger partial charge in [0.2, 0.25) is 0 Å². The zero-order chi connectivity index (χ0) is 12.9. The van der Waals surface area contributed by atoms with Crippen LogP contribution in [0, 0.1) is 11.8 Å². The Labute approximate surface area is 95.6 Å². The van der Waals surface area contributed by atoms with E-state index in [1.807, 2.05) is 0 Å². The van der Waals surface area contributed by atoms with Gasteiger partial charge in [0, 0.05) is 6.20 Å². The first-order valence-electron chi connectivity index (χ1n) is 4.53. The minimum Gasteiger partial charge on any atom is -0.468 e. The number of halogens is 3. The highest BCUT2D eigenvalue weighted by atomic mass is 19.4. The van der Waals surface area contributed by atoms with E-state index < -0.39 is 17.8 Å². The molecule has 0 bridgehead atoms. The first-order valence-corrected chi connectivity index (χ1v) is 4.53. The van der Waals surface area contributed by atoms with Gasteiger partial charge in [-0.1, -0.05) is 11.8 Å². The van der Waals surface area contributed by atoms with Crippen molar-refractivity contribution < 1.29 is 22.7 Å². The summed E-state index contributed by atoms with van der Waals surface area (Å²) in [4.78, 5) is 13.9. The lowest BCUT2D eigenvalue weighted by atomic mass is 10.2. The van der Waals surface area contributed by atoms with Crippen LogP contribution < -0.4 is 0 Å². The molecule has 0 saturated carbocycles. The Morgan fingerprint density at radius 3 is 2.82 bits per heavy atom. The molecule has 1 heterocycles. The second-order valence-electron chi connectivity index (χ2n) is 2.95. The number of pyridine rings is 1. The summed E-state index contributed by atoms with van der Waals surface area (Å²) in [6.45, 7) is 0. The number of ether oxygens (including phenoxy) is 1. The van der Waals surface area contributed by atoms with Gasteiger partial charge in [0.1, 0.15) is 6.42 Å². The molecule has 3 nitrogen and oxygen atoms in total. The van der Waals surface area contributed by atoms with E-state index in [9.17, 15) is 18.0 Å². The highest BCUT2D eigenvalue weighted by Crippen LogP contribution is 2.29. The number of carbonyl (C=O) groups excluding carboxylic acids is 1. The van der Waals surface area contributed by atoms with Gasteiger partial charge in [0.25, 0.3) is 0 Å². The standard InChI is InChI=1S/C11H8F3NO2/c1-17-9(16)6-2-4-8-5-3-7-15-10(8)11(12,13)14/h3,5,7H,6H2,1H3. The number of carbonyl (C=O) groups is 1. The smallest absolute Gasteiger partial charge is 0.434 e. The summed E-state index contributed by atoms with van der Waals surface area (Å²) in [7, 11) is 1.18. The molecule has 0 aromatic carbocycles. The molecule has 0 fully saturated rings. The molecule has 0 aliphatic heterocycles. The number of methoxy groups -OCH3 is 1. The van der Waals surface area contributed by atoms with E-state index in [0.717, 1.165) is 6.20 Å². The first kappa shape index (κ1) is 13.0. The van der Waals surface area contributed by atoms with E-state index in [1.165, 1.54) is 19.2 Å². The van der Waals surface area contributed by atoms with Crippen molar-refractivity contribution >= 4 is 5.97 Å². The van der Waals surface area contributed by atoms with Crippen molar-refractivity contribution in [1.29, 1.82) is 0 Å². The Hall–Kier alpha value is -2.03. The van der Waals surface area contributed by atoms with Crippen molar-refractivity contribution in [3.05, 3.63) is 29.6 Å². The minimum absolute atomic E-state index is 0.260. The number of nitrogens with zero attached hydrogens (tertiary/aromatic N) is 1. The van der Waals surface area contributed by atoms with Gasteiger partial charge in [0.05, 0.1) is 12.7 Å². The zero-order valence-corrected chi connectivity index (χ0v) is 8.84. The van der Waals surface area contributed by atoms with Gasteiger partial charge in [0.15, 0.2) is 5.69 Å². The van der Waals surface area contributed by atoms with Crippen molar-refractivity contribution in [2.45, 2.75) is 12.6 Å². The van der Waals surface area contributed by atoms with Crippen molar-refractivity contribution in [2.75, 3.05) is 7.11 Å². The first-order chi connectivity index (χ1) is 7.95. The van der Waals surface area contributed by atoms with Crippen LogP contribution in [-0.2, 0) is 15.7 Å². The average Bonchev–Trinajstić information content (AvgIpc) is 2.28. The molecule has 90 valence electrons. The fourth-order valence-corrected chi connectivity index (χ4v) is 1.02. The Morgan fingerprint density at radius 1 is 1.53 bits per heavy atom. The van der Waals surface area contributed by atoms with Crippen molar-refractivity contribution in [3.63, 3.8) is 0 Å². The fourth-order valence-electron chi connectivity index (χ4n) is 1.02. The van der Waals surface area contributed by atoms with E-state index in [1.54, 1.807) is 0 Å². The lowest BCUT2D eigenvalue weighted by Gasteiger charge is -2.06. The van der Waals surface area contributed by atoms with Crippen LogP contribution in [-0.4, -0.2) is 18.1 Å². The topological polar surface area (TPSA) is 39.2 Å². The lowest BCUT2D eigenvalue weighted by Crippen LogP contribution is -2.10. The Bertz CT molecular complexity index is 472. The van der Waals surface area contributed by atoms with Crippen molar-refractivity contribution in [1.82, 2.24) is 4.98 Å². The highest BCUT2D eigenvalue weighted by molar-refractivity contribution is 5.72. The van der Waals surface area contributed by atoms with Crippen LogP contribution in [0.2, 0.25) is 0 Å². The molecule has 0 atom stereocenters. The maximum atomic E-state index is 12.5. The minimum atomic E-state index is -4.56. The zero-order valence-electron chi connectivity index (χ0n) is 8.84. The predicted molar refractivity (Wildman–Crippen MR) is 52.8 cm³/mol. The van der Waals surface area contributed by atoms with Crippen LogP contribution in [0.3, 0.4) is 0 Å². The largest absolute Gasteiger partial charge is 0.468 e. The molecule has 0 spiro atoms. The van der Waals surface area contributed by atoms with Crippen LogP contribution in [0.4, 0.5) is 13.2 Å². The SMILES string of the molecule is COC(=O)CC#Cc1cccnc1C(F)(F)F. The molecule has 17 heavy (non-hydrogen) atoms. The third-order valence-corrected chi connectivity index (χ3v) is 1.76. The average molecular weight is 243 g/mol. The molecule has 0 aliphatic carbocycles. The monoisotopic (exact) mass is 243 g/mol. The van der Waals surface area contributed by atoms with E-state index in [2.05, 4.69) is 21.6 Å². The molecule has 6 heteroatoms. The molecule has 0 unspecified atom stereocenters. The van der Waals surface area contributed by atoms with Gasteiger partial charge >= 0.3 is 12.1 Å². The molecule has 1 aromatic heterocycles. The van der Waals surface area contributed by atoms with Crippen molar-refractivity contribution in [3.8, 4) is 11.8 Å². The lowest BCUT2D eigenvalue weighted by molar-refractivity contribution is -0.141. The quantitative estimate of drug-likeness (QED) is 0.559. The summed E-state index contributed by atoms with van der Waals surface area (Å²) in [5, 5.41) is 0. The summed E-state index contributed by atoms with van der Waals surface area (Å²) in [5.74, 6) is 3.95. The molecule has 0 amide bonds. The van der Waals surface area contributed by atoms with Gasteiger partial charge in [-0.3, -0.25) is 9.78 Å². The highest BCUT2D eigenvalue weighted by Gasteiger charge is 2.34. The molecule has 0 radical (unpaired) electrons. The van der Waals surface area contributed by atoms with Gasteiger partial charge < -0.3 is 4.74 Å². The Kier molecular flexibility index (Phi) is 4.10. The molecule has 1 aromatic rings. The number of esters is 1. The van der Waals surface area contributed by atoms with Crippen LogP contribution in [0.1, 0.15) is 17.7 Å². The predicted octanol–water partition coefficient (Wildman–Crippen LogP) is 2.02. The molecule has 0 aliphatic rings. The van der Waals surface area contributed by atoms with Crippen LogP contribution in [0.5, 0.6) is 0 Å². The van der Waals surface area contributed by atoms with Crippen LogP contribution in [0.15, 0.2) is 18.3 Å². The summed E-state index contributed by atoms with van der Waals surface area (Å²) >= 11 is 0.